The molecule has 27 heavy (non-hydrogen) atoms. The third-order valence-corrected chi connectivity index (χ3v) is 5.72. The molecule has 2 heterocycles. The highest BCUT2D eigenvalue weighted by Crippen LogP contribution is 2.42. The molecule has 4 nitrogen and oxygen atoms in total. The summed E-state index contributed by atoms with van der Waals surface area (Å²) in [7, 11) is 0. The van der Waals surface area contributed by atoms with Gasteiger partial charge in [0.1, 0.15) is 12.0 Å². The second kappa shape index (κ2) is 8.01. The molecule has 0 saturated carbocycles. The molecule has 1 amide bonds. The second-order valence-electron chi connectivity index (χ2n) is 7.10. The molecule has 2 saturated heterocycles. The van der Waals surface area contributed by atoms with E-state index in [2.05, 4.69) is 0 Å². The van der Waals surface area contributed by atoms with E-state index in [9.17, 15) is 4.79 Å². The lowest BCUT2D eigenvalue weighted by Gasteiger charge is -2.39. The smallest absolute Gasteiger partial charge is 0.237 e. The number of halogens is 1. The summed E-state index contributed by atoms with van der Waals surface area (Å²) in [4.78, 5) is 14.2. The molecule has 1 unspecified atom stereocenters. The van der Waals surface area contributed by atoms with Gasteiger partial charge in [-0.2, -0.15) is 0 Å². The Morgan fingerprint density at radius 2 is 1.67 bits per heavy atom. The number of hydrogen-bond donors (Lipinski definition) is 0. The topological polar surface area (TPSA) is 38.8 Å². The fourth-order valence-corrected chi connectivity index (χ4v) is 4.34. The van der Waals surface area contributed by atoms with Gasteiger partial charge in [-0.05, 0) is 19.3 Å². The number of likely N-dealkylation sites (tertiary alicyclic amines) is 1. The lowest BCUT2D eigenvalue weighted by atomic mass is 9.96. The molecular formula is C22H24ClNO3. The van der Waals surface area contributed by atoms with E-state index in [1.54, 1.807) is 0 Å². The van der Waals surface area contributed by atoms with E-state index in [0.29, 0.717) is 6.61 Å². The zero-order valence-electron chi connectivity index (χ0n) is 15.2. The van der Waals surface area contributed by atoms with Gasteiger partial charge in [-0.15, -0.1) is 11.6 Å². The van der Waals surface area contributed by atoms with E-state index in [-0.39, 0.29) is 23.9 Å². The first-order valence-electron chi connectivity index (χ1n) is 9.53. The molecular weight excluding hydrogens is 362 g/mol. The minimum absolute atomic E-state index is 0.000649. The second-order valence-corrected chi connectivity index (χ2v) is 7.37. The van der Waals surface area contributed by atoms with Gasteiger partial charge < -0.3 is 14.4 Å². The average Bonchev–Trinajstić information content (AvgIpc) is 3.21. The lowest BCUT2D eigenvalue weighted by molar-refractivity contribution is -0.157. The molecule has 2 aliphatic rings. The van der Waals surface area contributed by atoms with Crippen LogP contribution in [0, 0.1) is 0 Å². The van der Waals surface area contributed by atoms with Gasteiger partial charge in [0, 0.05) is 17.7 Å². The standard InChI is InChI=1S/C22H24ClNO3/c23-15-21(25)24-14-8-7-13-19(24)20-16-26-22(27-20,17-9-3-1-4-10-17)18-11-5-2-6-12-18/h1-6,9-12,19-20H,7-8,13-16H2/t19?,20-/m1/s1. The number of alkyl halides is 1. The van der Waals surface area contributed by atoms with Gasteiger partial charge in [0.25, 0.3) is 0 Å². The first-order valence-corrected chi connectivity index (χ1v) is 10.1. The number of ether oxygens (including phenoxy) is 2. The number of nitrogens with zero attached hydrogens (tertiary/aromatic N) is 1. The molecule has 0 radical (unpaired) electrons. The summed E-state index contributed by atoms with van der Waals surface area (Å²) >= 11 is 5.84. The Hall–Kier alpha value is -1.88. The molecule has 2 fully saturated rings. The van der Waals surface area contributed by atoms with E-state index >= 15 is 0 Å². The van der Waals surface area contributed by atoms with E-state index < -0.39 is 5.79 Å². The third-order valence-electron chi connectivity index (χ3n) is 5.49. The number of carbonyl (C=O) groups excluding carboxylic acids is 1. The number of amides is 1. The number of benzene rings is 2. The van der Waals surface area contributed by atoms with E-state index in [4.69, 9.17) is 21.1 Å². The van der Waals surface area contributed by atoms with Crippen LogP contribution in [0.15, 0.2) is 60.7 Å². The van der Waals surface area contributed by atoms with Crippen LogP contribution >= 0.6 is 11.6 Å². The largest absolute Gasteiger partial charge is 0.339 e. The highest BCUT2D eigenvalue weighted by Gasteiger charge is 2.48. The van der Waals surface area contributed by atoms with Gasteiger partial charge in [0.15, 0.2) is 0 Å². The highest BCUT2D eigenvalue weighted by molar-refractivity contribution is 6.27. The van der Waals surface area contributed by atoms with Crippen LogP contribution in [0.25, 0.3) is 0 Å². The molecule has 0 N–H and O–H groups in total. The van der Waals surface area contributed by atoms with Crippen LogP contribution in [-0.4, -0.2) is 42.0 Å². The van der Waals surface area contributed by atoms with Gasteiger partial charge in [0.05, 0.1) is 12.6 Å². The Kier molecular flexibility index (Phi) is 5.48. The summed E-state index contributed by atoms with van der Waals surface area (Å²) in [5, 5.41) is 0. The molecule has 5 heteroatoms. The minimum atomic E-state index is -0.944. The molecule has 0 aliphatic carbocycles. The number of carbonyl (C=O) groups is 1. The normalized spacial score (nSPS) is 24.7. The molecule has 4 rings (SSSR count). The van der Waals surface area contributed by atoms with Crippen molar-refractivity contribution in [3.63, 3.8) is 0 Å². The maximum Gasteiger partial charge on any atom is 0.237 e. The van der Waals surface area contributed by atoms with Crippen molar-refractivity contribution in [1.82, 2.24) is 4.90 Å². The zero-order valence-corrected chi connectivity index (χ0v) is 16.0. The van der Waals surface area contributed by atoms with Crippen LogP contribution in [-0.2, 0) is 20.1 Å². The van der Waals surface area contributed by atoms with Crippen molar-refractivity contribution in [2.45, 2.75) is 37.2 Å². The maximum absolute atomic E-state index is 12.3. The predicted octanol–water partition coefficient (Wildman–Crippen LogP) is 3.92. The van der Waals surface area contributed by atoms with Gasteiger partial charge in [-0.3, -0.25) is 4.79 Å². The molecule has 142 valence electrons. The third kappa shape index (κ3) is 3.49. The Labute approximate surface area is 165 Å². The van der Waals surface area contributed by atoms with E-state index in [1.807, 2.05) is 65.6 Å². The van der Waals surface area contributed by atoms with Crippen molar-refractivity contribution < 1.29 is 14.3 Å². The quantitative estimate of drug-likeness (QED) is 0.749. The van der Waals surface area contributed by atoms with E-state index in [1.165, 1.54) is 0 Å². The summed E-state index contributed by atoms with van der Waals surface area (Å²) in [6.07, 6.45) is 2.82. The first-order chi connectivity index (χ1) is 13.2. The highest BCUT2D eigenvalue weighted by atomic mass is 35.5. The predicted molar refractivity (Wildman–Crippen MR) is 105 cm³/mol. The Morgan fingerprint density at radius 3 is 2.26 bits per heavy atom. The van der Waals surface area contributed by atoms with Crippen LogP contribution in [0.3, 0.4) is 0 Å². The summed E-state index contributed by atoms with van der Waals surface area (Å²) in [5.41, 5.74) is 1.93. The van der Waals surface area contributed by atoms with Crippen LogP contribution in [0.2, 0.25) is 0 Å². The zero-order chi connectivity index (χ0) is 18.7. The summed E-state index contributed by atoms with van der Waals surface area (Å²) < 4.78 is 13.0. The molecule has 2 aliphatic heterocycles. The van der Waals surface area contributed by atoms with Gasteiger partial charge in [-0.25, -0.2) is 0 Å². The number of hydrogen-bond acceptors (Lipinski definition) is 3. The molecule has 2 aromatic carbocycles. The van der Waals surface area contributed by atoms with Crippen molar-refractivity contribution in [3.8, 4) is 0 Å². The van der Waals surface area contributed by atoms with Crippen molar-refractivity contribution in [2.75, 3.05) is 19.0 Å². The summed E-state index contributed by atoms with van der Waals surface area (Å²) in [5.74, 6) is -0.964. The molecule has 0 aromatic heterocycles. The molecule has 2 aromatic rings. The lowest BCUT2D eigenvalue weighted by Crippen LogP contribution is -2.51. The van der Waals surface area contributed by atoms with Crippen LogP contribution in [0.4, 0.5) is 0 Å². The van der Waals surface area contributed by atoms with Crippen molar-refractivity contribution in [2.24, 2.45) is 0 Å². The van der Waals surface area contributed by atoms with Gasteiger partial charge in [0.2, 0.25) is 11.7 Å². The van der Waals surface area contributed by atoms with Gasteiger partial charge in [-0.1, -0.05) is 60.7 Å². The molecule has 0 bridgehead atoms. The monoisotopic (exact) mass is 385 g/mol. The Bertz CT molecular complexity index is 728. The van der Waals surface area contributed by atoms with Crippen molar-refractivity contribution in [1.29, 1.82) is 0 Å². The Balaban J connectivity index is 1.67. The number of rotatable bonds is 4. The van der Waals surface area contributed by atoms with Crippen molar-refractivity contribution in [3.05, 3.63) is 71.8 Å². The Morgan fingerprint density at radius 1 is 1.04 bits per heavy atom. The van der Waals surface area contributed by atoms with Crippen LogP contribution < -0.4 is 0 Å². The number of piperidine rings is 1. The van der Waals surface area contributed by atoms with Gasteiger partial charge >= 0.3 is 0 Å². The minimum Gasteiger partial charge on any atom is -0.339 e. The van der Waals surface area contributed by atoms with E-state index in [0.717, 1.165) is 36.9 Å². The van der Waals surface area contributed by atoms with Crippen LogP contribution in [0.5, 0.6) is 0 Å². The fraction of sp³-hybridized carbons (Fsp3) is 0.409. The molecule has 0 spiro atoms. The summed E-state index contributed by atoms with van der Waals surface area (Å²) in [6.45, 7) is 1.18. The van der Waals surface area contributed by atoms with Crippen molar-refractivity contribution >= 4 is 17.5 Å². The average molecular weight is 386 g/mol. The fourth-order valence-electron chi connectivity index (χ4n) is 4.19. The first kappa shape index (κ1) is 18.5. The molecule has 2 atom stereocenters. The summed E-state index contributed by atoms with van der Waals surface area (Å²) in [6, 6.07) is 20.0. The maximum atomic E-state index is 12.3. The SMILES string of the molecule is O=C(CCl)N1CCCCC1[C@H]1COC(c2ccccc2)(c2ccccc2)O1. The van der Waals surface area contributed by atoms with Crippen LogP contribution in [0.1, 0.15) is 30.4 Å².